The van der Waals surface area contributed by atoms with E-state index in [1.54, 1.807) is 0 Å². The van der Waals surface area contributed by atoms with E-state index < -0.39 is 0 Å². The minimum atomic E-state index is 0.767. The molecule has 0 saturated heterocycles. The zero-order chi connectivity index (χ0) is 9.68. The van der Waals surface area contributed by atoms with Crippen molar-refractivity contribution < 1.29 is 0 Å². The summed E-state index contributed by atoms with van der Waals surface area (Å²) in [6.45, 7) is 2.85. The van der Waals surface area contributed by atoms with Crippen LogP contribution in [0.25, 0.3) is 0 Å². The molecule has 72 valence electrons. The van der Waals surface area contributed by atoms with Crippen molar-refractivity contribution in [2.45, 2.75) is 26.2 Å². The van der Waals surface area contributed by atoms with Gasteiger partial charge >= 0.3 is 0 Å². The summed E-state index contributed by atoms with van der Waals surface area (Å²) < 4.78 is 0. The van der Waals surface area contributed by atoms with Gasteiger partial charge in [-0.05, 0) is 44.4 Å². The van der Waals surface area contributed by atoms with Crippen molar-refractivity contribution >= 4 is 11.6 Å². The van der Waals surface area contributed by atoms with Gasteiger partial charge in [0.25, 0.3) is 0 Å². The quantitative estimate of drug-likeness (QED) is 0.739. The highest BCUT2D eigenvalue weighted by Crippen LogP contribution is 2.19. The number of aryl methyl sites for hydroxylation is 2. The van der Waals surface area contributed by atoms with Crippen LogP contribution in [0.3, 0.4) is 0 Å². The van der Waals surface area contributed by atoms with E-state index in [1.165, 1.54) is 11.1 Å². The molecular weight excluding hydrogens is 182 g/mol. The molecule has 0 aromatic heterocycles. The Morgan fingerprint density at radius 1 is 1.31 bits per heavy atom. The first-order valence-corrected chi connectivity index (χ1v) is 5.07. The van der Waals surface area contributed by atoms with Crippen LogP contribution >= 0.6 is 11.6 Å². The number of nitrogens with two attached hydrogens (primary N) is 1. The molecule has 0 spiro atoms. The van der Waals surface area contributed by atoms with E-state index in [1.807, 2.05) is 12.1 Å². The highest BCUT2D eigenvalue weighted by Gasteiger charge is 1.99. The Hall–Kier alpha value is -0.530. The summed E-state index contributed by atoms with van der Waals surface area (Å²) in [7, 11) is 0. The maximum absolute atomic E-state index is 6.04. The summed E-state index contributed by atoms with van der Waals surface area (Å²) in [6.07, 6.45) is 3.24. The normalized spacial score (nSPS) is 10.4. The second-order valence-electron chi connectivity index (χ2n) is 3.34. The molecule has 0 fully saturated rings. The lowest BCUT2D eigenvalue weighted by molar-refractivity contribution is 0.744. The first kappa shape index (κ1) is 10.6. The van der Waals surface area contributed by atoms with Gasteiger partial charge in [-0.2, -0.15) is 0 Å². The summed E-state index contributed by atoms with van der Waals surface area (Å²) in [5.74, 6) is 0. The number of benzene rings is 1. The van der Waals surface area contributed by atoms with E-state index in [4.69, 9.17) is 17.3 Å². The van der Waals surface area contributed by atoms with Gasteiger partial charge in [0.2, 0.25) is 0 Å². The smallest absolute Gasteiger partial charge is 0.0438 e. The van der Waals surface area contributed by atoms with Gasteiger partial charge in [-0.3, -0.25) is 0 Å². The molecule has 0 bridgehead atoms. The molecule has 1 aromatic rings. The van der Waals surface area contributed by atoms with Crippen LogP contribution < -0.4 is 5.73 Å². The van der Waals surface area contributed by atoms with Gasteiger partial charge < -0.3 is 5.73 Å². The Kier molecular flexibility index (Phi) is 4.26. The zero-order valence-corrected chi connectivity index (χ0v) is 8.77. The fourth-order valence-electron chi connectivity index (χ4n) is 1.35. The Morgan fingerprint density at radius 3 is 2.77 bits per heavy atom. The summed E-state index contributed by atoms with van der Waals surface area (Å²) in [5, 5.41) is 0.877. The predicted molar refractivity (Wildman–Crippen MR) is 58.2 cm³/mol. The lowest BCUT2D eigenvalue weighted by atomic mass is 10.1. The van der Waals surface area contributed by atoms with Crippen LogP contribution in [0.1, 0.15) is 24.0 Å². The van der Waals surface area contributed by atoms with E-state index in [0.717, 1.165) is 30.8 Å². The van der Waals surface area contributed by atoms with Crippen molar-refractivity contribution in [2.75, 3.05) is 6.54 Å². The molecule has 0 heterocycles. The van der Waals surface area contributed by atoms with Gasteiger partial charge in [-0.1, -0.05) is 29.3 Å². The second-order valence-corrected chi connectivity index (χ2v) is 3.75. The minimum Gasteiger partial charge on any atom is -0.330 e. The summed E-state index contributed by atoms with van der Waals surface area (Å²) in [6, 6.07) is 6.16. The Bertz CT molecular complexity index is 271. The molecule has 0 atom stereocenters. The van der Waals surface area contributed by atoms with Crippen molar-refractivity contribution in [3.63, 3.8) is 0 Å². The molecule has 1 aromatic carbocycles. The van der Waals surface area contributed by atoms with Gasteiger partial charge in [-0.15, -0.1) is 0 Å². The number of hydrogen-bond acceptors (Lipinski definition) is 1. The number of rotatable bonds is 4. The van der Waals surface area contributed by atoms with Crippen molar-refractivity contribution in [1.29, 1.82) is 0 Å². The average molecular weight is 198 g/mol. The summed E-state index contributed by atoms with van der Waals surface area (Å²) in [4.78, 5) is 0. The third-order valence-electron chi connectivity index (χ3n) is 2.10. The van der Waals surface area contributed by atoms with E-state index >= 15 is 0 Å². The lowest BCUT2D eigenvalue weighted by Gasteiger charge is -2.04. The molecule has 0 aliphatic heterocycles. The Morgan fingerprint density at radius 2 is 2.08 bits per heavy atom. The SMILES string of the molecule is Cc1ccc(Cl)c(CCCCN)c1. The maximum atomic E-state index is 6.04. The molecule has 13 heavy (non-hydrogen) atoms. The van der Waals surface area contributed by atoms with Crippen molar-refractivity contribution in [1.82, 2.24) is 0 Å². The van der Waals surface area contributed by atoms with Crippen molar-refractivity contribution in [2.24, 2.45) is 5.73 Å². The van der Waals surface area contributed by atoms with Gasteiger partial charge in [0.05, 0.1) is 0 Å². The number of unbranched alkanes of at least 4 members (excludes halogenated alkanes) is 1. The van der Waals surface area contributed by atoms with Gasteiger partial charge in [-0.25, -0.2) is 0 Å². The highest BCUT2D eigenvalue weighted by molar-refractivity contribution is 6.31. The number of halogens is 1. The third-order valence-corrected chi connectivity index (χ3v) is 2.47. The predicted octanol–water partition coefficient (Wildman–Crippen LogP) is 2.93. The minimum absolute atomic E-state index is 0.767. The zero-order valence-electron chi connectivity index (χ0n) is 8.02. The largest absolute Gasteiger partial charge is 0.330 e. The first-order chi connectivity index (χ1) is 6.24. The van der Waals surface area contributed by atoms with Crippen LogP contribution in [0.5, 0.6) is 0 Å². The summed E-state index contributed by atoms with van der Waals surface area (Å²) in [5.41, 5.74) is 7.94. The third kappa shape index (κ3) is 3.37. The molecule has 0 aliphatic carbocycles. The van der Waals surface area contributed by atoms with E-state index in [-0.39, 0.29) is 0 Å². The monoisotopic (exact) mass is 197 g/mol. The summed E-state index contributed by atoms with van der Waals surface area (Å²) >= 11 is 6.04. The highest BCUT2D eigenvalue weighted by atomic mass is 35.5. The molecule has 0 aliphatic rings. The fourth-order valence-corrected chi connectivity index (χ4v) is 1.57. The van der Waals surface area contributed by atoms with Crippen molar-refractivity contribution in [3.05, 3.63) is 34.3 Å². The number of hydrogen-bond donors (Lipinski definition) is 1. The molecule has 0 radical (unpaired) electrons. The topological polar surface area (TPSA) is 26.0 Å². The average Bonchev–Trinajstić information content (AvgIpc) is 2.11. The molecule has 0 saturated carbocycles. The fraction of sp³-hybridized carbons (Fsp3) is 0.455. The van der Waals surface area contributed by atoms with Gasteiger partial charge in [0, 0.05) is 5.02 Å². The molecule has 0 amide bonds. The van der Waals surface area contributed by atoms with Gasteiger partial charge in [0.15, 0.2) is 0 Å². The maximum Gasteiger partial charge on any atom is 0.0438 e. The Balaban J connectivity index is 2.59. The molecular formula is C11H16ClN. The molecule has 2 N–H and O–H groups in total. The second kappa shape index (κ2) is 5.25. The van der Waals surface area contributed by atoms with Crippen LogP contribution in [0.2, 0.25) is 5.02 Å². The standard InChI is InChI=1S/C11H16ClN/c1-9-5-6-11(12)10(8-9)4-2-3-7-13/h5-6,8H,2-4,7,13H2,1H3. The molecule has 1 nitrogen and oxygen atoms in total. The lowest BCUT2D eigenvalue weighted by Crippen LogP contribution is -1.99. The molecule has 2 heteroatoms. The van der Waals surface area contributed by atoms with E-state index in [9.17, 15) is 0 Å². The van der Waals surface area contributed by atoms with Crippen LogP contribution in [0.4, 0.5) is 0 Å². The molecule has 1 rings (SSSR count). The van der Waals surface area contributed by atoms with Crippen LogP contribution in [0, 0.1) is 6.92 Å². The van der Waals surface area contributed by atoms with Gasteiger partial charge in [0.1, 0.15) is 0 Å². The Labute approximate surface area is 84.9 Å². The molecule has 0 unspecified atom stereocenters. The first-order valence-electron chi connectivity index (χ1n) is 4.69. The van der Waals surface area contributed by atoms with E-state index in [0.29, 0.717) is 0 Å². The van der Waals surface area contributed by atoms with Crippen LogP contribution in [-0.4, -0.2) is 6.54 Å². The van der Waals surface area contributed by atoms with Crippen LogP contribution in [-0.2, 0) is 6.42 Å². The van der Waals surface area contributed by atoms with Crippen LogP contribution in [0.15, 0.2) is 18.2 Å². The van der Waals surface area contributed by atoms with E-state index in [2.05, 4.69) is 13.0 Å². The van der Waals surface area contributed by atoms with Crippen molar-refractivity contribution in [3.8, 4) is 0 Å².